The number of aliphatic hydroxyl groups is 1. The van der Waals surface area contributed by atoms with E-state index in [0.29, 0.717) is 24.8 Å². The Morgan fingerprint density at radius 2 is 1.96 bits per heavy atom. The number of benzene rings is 1. The van der Waals surface area contributed by atoms with Gasteiger partial charge in [-0.2, -0.15) is 0 Å². The standard InChI is InChI=1S/C21H35N3O3/c1-7-8-21(26)24-17-9-10-20(19(11-17)16(6)23-15(4)5)27-13-18(25)12-22-14(2)3/h9-11,14-15,18,22,25H,7-8,12-13H2,1-6H3,(H,24,26). The number of anilines is 1. The lowest BCUT2D eigenvalue weighted by Gasteiger charge is -2.18. The number of aliphatic imine (C=N–C) groups is 1. The molecule has 0 fully saturated rings. The fraction of sp³-hybridized carbons (Fsp3) is 0.619. The minimum atomic E-state index is -0.605. The highest BCUT2D eigenvalue weighted by Crippen LogP contribution is 2.25. The van der Waals surface area contributed by atoms with Gasteiger partial charge in [0.05, 0.1) is 0 Å². The van der Waals surface area contributed by atoms with Crippen molar-refractivity contribution >= 4 is 17.3 Å². The SMILES string of the molecule is CCCC(=O)Nc1ccc(OCC(O)CNC(C)C)c(C(C)=NC(C)C)c1. The number of nitrogens with zero attached hydrogens (tertiary/aromatic N) is 1. The minimum Gasteiger partial charge on any atom is -0.490 e. The number of rotatable bonds is 11. The van der Waals surface area contributed by atoms with Crippen molar-refractivity contribution in [2.24, 2.45) is 4.99 Å². The fourth-order valence-corrected chi connectivity index (χ4v) is 2.54. The lowest BCUT2D eigenvalue weighted by atomic mass is 10.1. The van der Waals surface area contributed by atoms with Gasteiger partial charge in [-0.1, -0.05) is 20.8 Å². The summed E-state index contributed by atoms with van der Waals surface area (Å²) in [7, 11) is 0. The zero-order chi connectivity index (χ0) is 20.4. The molecular weight excluding hydrogens is 342 g/mol. The lowest BCUT2D eigenvalue weighted by Crippen LogP contribution is -2.35. The molecule has 3 N–H and O–H groups in total. The highest BCUT2D eigenvalue weighted by Gasteiger charge is 2.13. The molecule has 152 valence electrons. The molecule has 1 aromatic rings. The molecule has 0 bridgehead atoms. The Bertz CT molecular complexity index is 627. The van der Waals surface area contributed by atoms with Crippen LogP contribution < -0.4 is 15.4 Å². The molecule has 1 aromatic carbocycles. The molecule has 1 amide bonds. The first-order chi connectivity index (χ1) is 12.7. The van der Waals surface area contributed by atoms with Crippen molar-refractivity contribution in [3.8, 4) is 5.75 Å². The van der Waals surface area contributed by atoms with Crippen molar-refractivity contribution in [1.82, 2.24) is 5.32 Å². The molecule has 1 unspecified atom stereocenters. The number of hydrogen-bond donors (Lipinski definition) is 3. The van der Waals surface area contributed by atoms with Crippen molar-refractivity contribution in [3.63, 3.8) is 0 Å². The maximum atomic E-state index is 11.9. The van der Waals surface area contributed by atoms with Crippen LogP contribution in [0.1, 0.15) is 59.9 Å². The summed E-state index contributed by atoms with van der Waals surface area (Å²) in [6.07, 6.45) is 0.684. The van der Waals surface area contributed by atoms with Crippen molar-refractivity contribution in [3.05, 3.63) is 23.8 Å². The highest BCUT2D eigenvalue weighted by atomic mass is 16.5. The molecule has 1 rings (SSSR count). The van der Waals surface area contributed by atoms with E-state index >= 15 is 0 Å². The molecule has 0 saturated heterocycles. The van der Waals surface area contributed by atoms with Crippen molar-refractivity contribution in [2.75, 3.05) is 18.5 Å². The monoisotopic (exact) mass is 377 g/mol. The second-order valence-electron chi connectivity index (χ2n) is 7.35. The molecule has 0 saturated carbocycles. The van der Waals surface area contributed by atoms with E-state index in [9.17, 15) is 9.90 Å². The van der Waals surface area contributed by atoms with Gasteiger partial charge in [0.25, 0.3) is 0 Å². The third-order valence-corrected chi connectivity index (χ3v) is 3.77. The van der Waals surface area contributed by atoms with Crippen molar-refractivity contribution in [2.45, 2.75) is 72.6 Å². The van der Waals surface area contributed by atoms with Gasteiger partial charge in [-0.05, 0) is 45.4 Å². The summed E-state index contributed by atoms with van der Waals surface area (Å²) in [5.41, 5.74) is 2.37. The summed E-state index contributed by atoms with van der Waals surface area (Å²) < 4.78 is 5.86. The van der Waals surface area contributed by atoms with E-state index in [0.717, 1.165) is 23.4 Å². The van der Waals surface area contributed by atoms with Crippen LogP contribution in [0, 0.1) is 0 Å². The van der Waals surface area contributed by atoms with E-state index in [1.807, 2.05) is 59.7 Å². The molecular formula is C21H35N3O3. The van der Waals surface area contributed by atoms with Crippen LogP contribution in [0.25, 0.3) is 0 Å². The average molecular weight is 378 g/mol. The first kappa shape index (κ1) is 23.1. The second kappa shape index (κ2) is 11.7. The van der Waals surface area contributed by atoms with Crippen molar-refractivity contribution < 1.29 is 14.6 Å². The van der Waals surface area contributed by atoms with Crippen LogP contribution in [0.3, 0.4) is 0 Å². The summed E-state index contributed by atoms with van der Waals surface area (Å²) in [5.74, 6) is 0.639. The summed E-state index contributed by atoms with van der Waals surface area (Å²) in [5, 5.41) is 16.2. The van der Waals surface area contributed by atoms with E-state index in [1.165, 1.54) is 0 Å². The quantitative estimate of drug-likeness (QED) is 0.516. The molecule has 0 spiro atoms. The van der Waals surface area contributed by atoms with Crippen LogP contribution in [0.5, 0.6) is 5.75 Å². The van der Waals surface area contributed by atoms with Gasteiger partial charge < -0.3 is 20.5 Å². The lowest BCUT2D eigenvalue weighted by molar-refractivity contribution is -0.116. The van der Waals surface area contributed by atoms with Gasteiger partial charge in [0.1, 0.15) is 18.5 Å². The third-order valence-electron chi connectivity index (χ3n) is 3.77. The van der Waals surface area contributed by atoms with E-state index in [4.69, 9.17) is 4.74 Å². The number of carbonyl (C=O) groups is 1. The number of carbonyl (C=O) groups excluding carboxylic acids is 1. The smallest absolute Gasteiger partial charge is 0.224 e. The van der Waals surface area contributed by atoms with Gasteiger partial charge in [0.15, 0.2) is 0 Å². The van der Waals surface area contributed by atoms with E-state index in [1.54, 1.807) is 0 Å². The largest absolute Gasteiger partial charge is 0.490 e. The number of amides is 1. The molecule has 0 radical (unpaired) electrons. The number of nitrogens with one attached hydrogen (secondary N) is 2. The highest BCUT2D eigenvalue weighted by molar-refractivity contribution is 6.03. The second-order valence-corrected chi connectivity index (χ2v) is 7.35. The average Bonchev–Trinajstić information content (AvgIpc) is 2.58. The number of aliphatic hydroxyl groups excluding tert-OH is 1. The molecule has 1 atom stereocenters. The minimum absolute atomic E-state index is 0.00856. The van der Waals surface area contributed by atoms with E-state index < -0.39 is 6.10 Å². The van der Waals surface area contributed by atoms with Gasteiger partial charge >= 0.3 is 0 Å². The van der Waals surface area contributed by atoms with Gasteiger partial charge in [0, 0.05) is 42.0 Å². The first-order valence-electron chi connectivity index (χ1n) is 9.75. The van der Waals surface area contributed by atoms with Crippen LogP contribution in [0.2, 0.25) is 0 Å². The van der Waals surface area contributed by atoms with Crippen molar-refractivity contribution in [1.29, 1.82) is 0 Å². The third kappa shape index (κ3) is 9.02. The Morgan fingerprint density at radius 3 is 2.56 bits per heavy atom. The van der Waals surface area contributed by atoms with Gasteiger partial charge in [0.2, 0.25) is 5.91 Å². The summed E-state index contributed by atoms with van der Waals surface area (Å²) >= 11 is 0. The zero-order valence-corrected chi connectivity index (χ0v) is 17.5. The summed E-state index contributed by atoms with van der Waals surface area (Å²) in [6.45, 7) is 12.6. The Hall–Kier alpha value is -1.92. The van der Waals surface area contributed by atoms with Crippen LogP contribution in [0.15, 0.2) is 23.2 Å². The van der Waals surface area contributed by atoms with E-state index in [-0.39, 0.29) is 18.6 Å². The topological polar surface area (TPSA) is 83.0 Å². The molecule has 27 heavy (non-hydrogen) atoms. The Kier molecular flexibility index (Phi) is 10.0. The van der Waals surface area contributed by atoms with E-state index in [2.05, 4.69) is 15.6 Å². The molecule has 6 nitrogen and oxygen atoms in total. The number of ether oxygens (including phenoxy) is 1. The van der Waals surface area contributed by atoms with Crippen LogP contribution in [-0.2, 0) is 4.79 Å². The predicted octanol–water partition coefficient (Wildman–Crippen LogP) is 3.38. The summed E-state index contributed by atoms with van der Waals surface area (Å²) in [6, 6.07) is 5.97. The predicted molar refractivity (Wildman–Crippen MR) is 112 cm³/mol. The Morgan fingerprint density at radius 1 is 1.26 bits per heavy atom. The van der Waals surface area contributed by atoms with Gasteiger partial charge in [-0.15, -0.1) is 0 Å². The summed E-state index contributed by atoms with van der Waals surface area (Å²) in [4.78, 5) is 16.5. The Balaban J connectivity index is 2.96. The van der Waals surface area contributed by atoms with Crippen LogP contribution >= 0.6 is 0 Å². The molecule has 0 aliphatic rings. The van der Waals surface area contributed by atoms with Crippen LogP contribution in [0.4, 0.5) is 5.69 Å². The molecule has 0 heterocycles. The van der Waals surface area contributed by atoms with Gasteiger partial charge in [-0.3, -0.25) is 9.79 Å². The molecule has 6 heteroatoms. The normalized spacial score (nSPS) is 13.1. The Labute approximate surface area is 163 Å². The van der Waals surface area contributed by atoms with Gasteiger partial charge in [-0.25, -0.2) is 0 Å². The fourth-order valence-electron chi connectivity index (χ4n) is 2.54. The number of hydrogen-bond acceptors (Lipinski definition) is 5. The maximum Gasteiger partial charge on any atom is 0.224 e. The first-order valence-corrected chi connectivity index (χ1v) is 9.75. The zero-order valence-electron chi connectivity index (χ0n) is 17.5. The molecule has 0 aliphatic heterocycles. The van der Waals surface area contributed by atoms with Crippen LogP contribution in [-0.4, -0.2) is 48.1 Å². The maximum absolute atomic E-state index is 11.9. The molecule has 0 aliphatic carbocycles. The molecule has 0 aromatic heterocycles.